The molecule has 0 unspecified atom stereocenters. The predicted octanol–water partition coefficient (Wildman–Crippen LogP) is 3.23. The third-order valence-corrected chi connectivity index (χ3v) is 3.49. The van der Waals surface area contributed by atoms with E-state index in [9.17, 15) is 4.79 Å². The van der Waals surface area contributed by atoms with Gasteiger partial charge in [0, 0.05) is 22.4 Å². The molecule has 104 valence electrons. The molecule has 21 heavy (non-hydrogen) atoms. The Balaban J connectivity index is 1.89. The smallest absolute Gasteiger partial charge is 0.255 e. The Morgan fingerprint density at radius 1 is 1.05 bits per heavy atom. The molecule has 1 heterocycles. The number of rotatable bonds is 2. The van der Waals surface area contributed by atoms with Crippen LogP contribution in [0.3, 0.4) is 0 Å². The lowest BCUT2D eigenvalue weighted by Crippen LogP contribution is -2.13. The number of aromatic nitrogens is 2. The summed E-state index contributed by atoms with van der Waals surface area (Å²) in [6.07, 6.45) is 3.21. The summed E-state index contributed by atoms with van der Waals surface area (Å²) in [5, 5.41) is 2.79. The van der Waals surface area contributed by atoms with Gasteiger partial charge in [-0.15, -0.1) is 0 Å². The van der Waals surface area contributed by atoms with E-state index in [1.54, 1.807) is 42.7 Å². The van der Waals surface area contributed by atoms with Crippen molar-refractivity contribution in [3.63, 3.8) is 0 Å². The van der Waals surface area contributed by atoms with Crippen molar-refractivity contribution in [2.45, 2.75) is 0 Å². The van der Waals surface area contributed by atoms with Gasteiger partial charge in [0.15, 0.2) is 0 Å². The number of amides is 1. The summed E-state index contributed by atoms with van der Waals surface area (Å²) in [5.41, 5.74) is 8.87. The molecule has 0 fully saturated rings. The van der Waals surface area contributed by atoms with Gasteiger partial charge in [-0.2, -0.15) is 0 Å². The number of halogens is 1. The number of nitrogens with two attached hydrogens (primary N) is 1. The van der Waals surface area contributed by atoms with Crippen molar-refractivity contribution in [3.8, 4) is 0 Å². The Labute approximate surface area is 129 Å². The first-order valence-corrected chi connectivity index (χ1v) is 7.00. The largest absolute Gasteiger partial charge is 0.397 e. The van der Waals surface area contributed by atoms with Crippen molar-refractivity contribution in [1.82, 2.24) is 9.97 Å². The molecule has 0 saturated carbocycles. The Hall–Kier alpha value is -2.47. The van der Waals surface area contributed by atoms with E-state index in [0.29, 0.717) is 22.5 Å². The summed E-state index contributed by atoms with van der Waals surface area (Å²) < 4.78 is 0.860. The second-order valence-electron chi connectivity index (χ2n) is 4.45. The van der Waals surface area contributed by atoms with E-state index in [0.717, 1.165) is 9.99 Å². The topological polar surface area (TPSA) is 80.9 Å². The molecular formula is C15H11BrN4O. The predicted molar refractivity (Wildman–Crippen MR) is 86.0 cm³/mol. The lowest BCUT2D eigenvalue weighted by atomic mass is 10.1. The van der Waals surface area contributed by atoms with Crippen molar-refractivity contribution in [1.29, 1.82) is 0 Å². The molecule has 0 radical (unpaired) electrons. The molecule has 0 aliphatic rings. The number of anilines is 2. The van der Waals surface area contributed by atoms with Gasteiger partial charge in [-0.1, -0.05) is 15.9 Å². The molecule has 1 amide bonds. The molecule has 0 spiro atoms. The number of fused-ring (bicyclic) bond motifs is 1. The molecular weight excluding hydrogens is 332 g/mol. The monoisotopic (exact) mass is 342 g/mol. The van der Waals surface area contributed by atoms with Crippen LogP contribution in [0.25, 0.3) is 11.0 Å². The highest BCUT2D eigenvalue weighted by Gasteiger charge is 2.09. The van der Waals surface area contributed by atoms with E-state index < -0.39 is 0 Å². The zero-order valence-electron chi connectivity index (χ0n) is 10.9. The summed E-state index contributed by atoms with van der Waals surface area (Å²) in [4.78, 5) is 20.6. The fourth-order valence-corrected chi connectivity index (χ4v) is 2.33. The average molecular weight is 343 g/mol. The van der Waals surface area contributed by atoms with Crippen LogP contribution < -0.4 is 11.1 Å². The van der Waals surface area contributed by atoms with Crippen LogP contribution in [0.1, 0.15) is 10.4 Å². The Bertz CT molecular complexity index is 835. The van der Waals surface area contributed by atoms with Crippen LogP contribution >= 0.6 is 15.9 Å². The van der Waals surface area contributed by atoms with Crippen LogP contribution in [-0.2, 0) is 0 Å². The van der Waals surface area contributed by atoms with Crippen molar-refractivity contribution in [2.24, 2.45) is 0 Å². The lowest BCUT2D eigenvalue weighted by molar-refractivity contribution is 0.102. The first kappa shape index (κ1) is 13.5. The minimum atomic E-state index is -0.239. The van der Waals surface area contributed by atoms with Crippen molar-refractivity contribution >= 4 is 44.2 Å². The second kappa shape index (κ2) is 5.49. The number of hydrogen-bond acceptors (Lipinski definition) is 4. The van der Waals surface area contributed by atoms with Crippen LogP contribution in [0.5, 0.6) is 0 Å². The molecule has 0 aliphatic carbocycles. The van der Waals surface area contributed by atoms with Gasteiger partial charge < -0.3 is 11.1 Å². The van der Waals surface area contributed by atoms with Gasteiger partial charge >= 0.3 is 0 Å². The van der Waals surface area contributed by atoms with Crippen LogP contribution in [-0.4, -0.2) is 15.9 Å². The van der Waals surface area contributed by atoms with Gasteiger partial charge in [-0.05, 0) is 36.4 Å². The second-order valence-corrected chi connectivity index (χ2v) is 5.36. The first-order chi connectivity index (χ1) is 10.1. The molecule has 3 aromatic rings. The molecule has 0 aliphatic heterocycles. The number of carbonyl (C=O) groups is 1. The van der Waals surface area contributed by atoms with E-state index in [1.165, 1.54) is 0 Å². The van der Waals surface area contributed by atoms with E-state index in [1.807, 2.05) is 6.07 Å². The number of nitrogens with one attached hydrogen (secondary N) is 1. The number of benzene rings is 2. The highest BCUT2D eigenvalue weighted by molar-refractivity contribution is 9.10. The maximum atomic E-state index is 12.3. The third kappa shape index (κ3) is 2.85. The zero-order valence-corrected chi connectivity index (χ0v) is 12.5. The standard InChI is InChI=1S/C15H11BrN4O/c16-10-2-4-12(11(17)8-10)20-15(21)9-1-3-13-14(7-9)19-6-5-18-13/h1-8H,17H2,(H,20,21). The number of carbonyl (C=O) groups excluding carboxylic acids is 1. The maximum absolute atomic E-state index is 12.3. The van der Waals surface area contributed by atoms with Crippen LogP contribution in [0.4, 0.5) is 11.4 Å². The number of hydrogen-bond donors (Lipinski definition) is 2. The summed E-state index contributed by atoms with van der Waals surface area (Å²) in [7, 11) is 0. The van der Waals surface area contributed by atoms with Crippen LogP contribution in [0.15, 0.2) is 53.3 Å². The maximum Gasteiger partial charge on any atom is 0.255 e. The highest BCUT2D eigenvalue weighted by Crippen LogP contribution is 2.23. The Kier molecular flexibility index (Phi) is 3.53. The normalized spacial score (nSPS) is 10.5. The molecule has 5 nitrogen and oxygen atoms in total. The van der Waals surface area contributed by atoms with Crippen molar-refractivity contribution < 1.29 is 4.79 Å². The van der Waals surface area contributed by atoms with Gasteiger partial charge in [-0.3, -0.25) is 14.8 Å². The van der Waals surface area contributed by atoms with E-state index in [2.05, 4.69) is 31.2 Å². The molecule has 3 N–H and O–H groups in total. The van der Waals surface area contributed by atoms with Gasteiger partial charge in [0.1, 0.15) is 0 Å². The van der Waals surface area contributed by atoms with Crippen LogP contribution in [0.2, 0.25) is 0 Å². The van der Waals surface area contributed by atoms with Gasteiger partial charge in [0.25, 0.3) is 5.91 Å². The number of nitrogens with zero attached hydrogens (tertiary/aromatic N) is 2. The molecule has 6 heteroatoms. The quantitative estimate of drug-likeness (QED) is 0.700. The van der Waals surface area contributed by atoms with E-state index >= 15 is 0 Å². The number of nitrogen functional groups attached to an aromatic ring is 1. The van der Waals surface area contributed by atoms with E-state index in [4.69, 9.17) is 5.73 Å². The summed E-state index contributed by atoms with van der Waals surface area (Å²) >= 11 is 3.33. The summed E-state index contributed by atoms with van der Waals surface area (Å²) in [6, 6.07) is 10.5. The molecule has 3 rings (SSSR count). The van der Waals surface area contributed by atoms with Gasteiger partial charge in [-0.25, -0.2) is 0 Å². The molecule has 2 aromatic carbocycles. The van der Waals surface area contributed by atoms with Crippen molar-refractivity contribution in [2.75, 3.05) is 11.1 Å². The highest BCUT2D eigenvalue weighted by atomic mass is 79.9. The molecule has 0 saturated heterocycles. The summed E-state index contributed by atoms with van der Waals surface area (Å²) in [6.45, 7) is 0. The van der Waals surface area contributed by atoms with Crippen LogP contribution in [0, 0.1) is 0 Å². The van der Waals surface area contributed by atoms with E-state index in [-0.39, 0.29) is 5.91 Å². The molecule has 1 aromatic heterocycles. The SMILES string of the molecule is Nc1cc(Br)ccc1NC(=O)c1ccc2nccnc2c1. The minimum absolute atomic E-state index is 0.239. The fourth-order valence-electron chi connectivity index (χ4n) is 1.95. The fraction of sp³-hybridized carbons (Fsp3) is 0. The Morgan fingerprint density at radius 3 is 2.57 bits per heavy atom. The summed E-state index contributed by atoms with van der Waals surface area (Å²) in [5.74, 6) is -0.239. The first-order valence-electron chi connectivity index (χ1n) is 6.20. The van der Waals surface area contributed by atoms with Gasteiger partial charge in [0.05, 0.1) is 22.4 Å². The Morgan fingerprint density at radius 2 is 1.81 bits per heavy atom. The molecule has 0 atom stereocenters. The zero-order chi connectivity index (χ0) is 14.8. The molecule has 0 bridgehead atoms. The average Bonchev–Trinajstić information content (AvgIpc) is 2.49. The minimum Gasteiger partial charge on any atom is -0.397 e. The van der Waals surface area contributed by atoms with Crippen molar-refractivity contribution in [3.05, 3.63) is 58.8 Å². The third-order valence-electron chi connectivity index (χ3n) is 2.99. The van der Waals surface area contributed by atoms with Gasteiger partial charge in [0.2, 0.25) is 0 Å². The lowest BCUT2D eigenvalue weighted by Gasteiger charge is -2.09.